The van der Waals surface area contributed by atoms with E-state index in [1.165, 1.54) is 6.07 Å². The molecule has 3 N–H and O–H groups in total. The Labute approximate surface area is 182 Å². The molecule has 1 fully saturated rings. The summed E-state index contributed by atoms with van der Waals surface area (Å²) in [5.41, 5.74) is 2.06. The first-order valence-electron chi connectivity index (χ1n) is 10.1. The third kappa shape index (κ3) is 4.07. The Bertz CT molecular complexity index is 1140. The van der Waals surface area contributed by atoms with E-state index >= 15 is 0 Å². The van der Waals surface area contributed by atoms with E-state index in [2.05, 4.69) is 15.6 Å². The monoisotopic (exact) mass is 436 g/mol. The minimum absolute atomic E-state index is 0.0249. The lowest BCUT2D eigenvalue weighted by atomic mass is 10.0. The van der Waals surface area contributed by atoms with Crippen molar-refractivity contribution < 1.29 is 29.1 Å². The molecular weight excluding hydrogens is 416 g/mol. The highest BCUT2D eigenvalue weighted by atomic mass is 16.4. The van der Waals surface area contributed by atoms with E-state index < -0.39 is 35.6 Å². The van der Waals surface area contributed by atoms with Gasteiger partial charge in [-0.2, -0.15) is 0 Å². The molecule has 10 heteroatoms. The summed E-state index contributed by atoms with van der Waals surface area (Å²) in [6, 6.07) is 9.08. The molecule has 1 atom stereocenters. The first-order valence-corrected chi connectivity index (χ1v) is 10.1. The van der Waals surface area contributed by atoms with Crippen LogP contribution in [0.1, 0.15) is 51.4 Å². The zero-order valence-corrected chi connectivity index (χ0v) is 17.0. The summed E-state index contributed by atoms with van der Waals surface area (Å²) in [7, 11) is 0. The summed E-state index contributed by atoms with van der Waals surface area (Å²) >= 11 is 0. The Morgan fingerprint density at radius 3 is 2.59 bits per heavy atom. The van der Waals surface area contributed by atoms with Gasteiger partial charge in [-0.3, -0.25) is 39.2 Å². The number of carbonyl (C=O) groups is 5. The number of carboxylic acids is 1. The van der Waals surface area contributed by atoms with Gasteiger partial charge in [-0.1, -0.05) is 12.1 Å². The highest BCUT2D eigenvalue weighted by Gasteiger charge is 2.45. The van der Waals surface area contributed by atoms with Gasteiger partial charge in [-0.05, 0) is 30.7 Å². The van der Waals surface area contributed by atoms with Gasteiger partial charge in [0.25, 0.3) is 11.8 Å². The van der Waals surface area contributed by atoms with Gasteiger partial charge in [0, 0.05) is 24.2 Å². The van der Waals surface area contributed by atoms with Gasteiger partial charge in [0.1, 0.15) is 6.04 Å². The van der Waals surface area contributed by atoms with E-state index in [9.17, 15) is 24.0 Å². The molecule has 1 aromatic heterocycles. The molecule has 1 aromatic carbocycles. The van der Waals surface area contributed by atoms with Gasteiger partial charge >= 0.3 is 5.97 Å². The molecule has 32 heavy (non-hydrogen) atoms. The van der Waals surface area contributed by atoms with Crippen LogP contribution in [0.3, 0.4) is 0 Å². The maximum Gasteiger partial charge on any atom is 0.303 e. The fourth-order valence-corrected chi connectivity index (χ4v) is 3.85. The van der Waals surface area contributed by atoms with E-state index in [1.54, 1.807) is 30.3 Å². The van der Waals surface area contributed by atoms with Crippen molar-refractivity contribution in [2.75, 3.05) is 5.32 Å². The quantitative estimate of drug-likeness (QED) is 0.547. The average molecular weight is 436 g/mol. The van der Waals surface area contributed by atoms with E-state index in [1.807, 2.05) is 0 Å². The molecule has 0 spiro atoms. The number of nitrogens with one attached hydrogen (secondary N) is 2. The van der Waals surface area contributed by atoms with Crippen molar-refractivity contribution in [3.05, 3.63) is 58.9 Å². The number of aryl methyl sites for hydroxylation is 1. The lowest BCUT2D eigenvalue weighted by Crippen LogP contribution is -2.54. The van der Waals surface area contributed by atoms with Crippen molar-refractivity contribution >= 4 is 35.3 Å². The zero-order chi connectivity index (χ0) is 22.8. The Balaban J connectivity index is 1.52. The molecule has 1 unspecified atom stereocenters. The molecule has 2 aliphatic rings. The molecule has 10 nitrogen and oxygen atoms in total. The van der Waals surface area contributed by atoms with Crippen LogP contribution >= 0.6 is 0 Å². The second kappa shape index (κ2) is 8.58. The van der Waals surface area contributed by atoms with E-state index in [-0.39, 0.29) is 36.9 Å². The second-order valence-electron chi connectivity index (χ2n) is 7.54. The standard InChI is InChI=1S/C22H20N4O6/c27-17-9-8-16(20(30)25-17)26-21(31)14-5-2-6-15(19(14)22(26)32)23-11-13-4-1-3-12(24-13)7-10-18(28)29/h1-6,16,23H,7-11H2,(H,28,29)(H,25,27,30). The van der Waals surface area contributed by atoms with Crippen LogP contribution in [-0.2, 0) is 27.3 Å². The maximum absolute atomic E-state index is 13.1. The second-order valence-corrected chi connectivity index (χ2v) is 7.54. The van der Waals surface area contributed by atoms with Crippen LogP contribution in [0.2, 0.25) is 0 Å². The van der Waals surface area contributed by atoms with Gasteiger partial charge in [-0.15, -0.1) is 0 Å². The third-order valence-electron chi connectivity index (χ3n) is 5.39. The minimum Gasteiger partial charge on any atom is -0.481 e. The van der Waals surface area contributed by atoms with Crippen molar-refractivity contribution in [1.82, 2.24) is 15.2 Å². The number of piperidine rings is 1. The normalized spacial score (nSPS) is 17.9. The van der Waals surface area contributed by atoms with Gasteiger partial charge in [0.05, 0.1) is 29.8 Å². The number of amides is 4. The lowest BCUT2D eigenvalue weighted by Gasteiger charge is -2.27. The number of pyridine rings is 1. The summed E-state index contributed by atoms with van der Waals surface area (Å²) in [5.74, 6) is -3.16. The van der Waals surface area contributed by atoms with Crippen LogP contribution in [0.4, 0.5) is 5.69 Å². The van der Waals surface area contributed by atoms with Gasteiger partial charge in [0.2, 0.25) is 11.8 Å². The molecule has 4 amide bonds. The molecular formula is C22H20N4O6. The Hall–Kier alpha value is -4.08. The van der Waals surface area contributed by atoms with Crippen LogP contribution in [0.15, 0.2) is 36.4 Å². The van der Waals surface area contributed by atoms with Crippen molar-refractivity contribution in [3.8, 4) is 0 Å². The first kappa shape index (κ1) is 21.2. The summed E-state index contributed by atoms with van der Waals surface area (Å²) in [6.45, 7) is 0.247. The summed E-state index contributed by atoms with van der Waals surface area (Å²) in [6.07, 6.45) is 0.422. The molecule has 0 aliphatic carbocycles. The van der Waals surface area contributed by atoms with E-state index in [0.717, 1.165) is 4.90 Å². The predicted octanol–water partition coefficient (Wildman–Crippen LogP) is 1.11. The fraction of sp³-hybridized carbons (Fsp3) is 0.273. The number of imide groups is 2. The number of fused-ring (bicyclic) bond motifs is 1. The number of rotatable bonds is 7. The predicted molar refractivity (Wildman–Crippen MR) is 111 cm³/mol. The number of carboxylic acid groups (broad SMARTS) is 1. The largest absolute Gasteiger partial charge is 0.481 e. The SMILES string of the molecule is O=C(O)CCc1cccc(CNc2cccc3c2C(=O)N(C2CCC(=O)NC2=O)C3=O)n1. The number of nitrogens with zero attached hydrogens (tertiary/aromatic N) is 2. The van der Waals surface area contributed by atoms with Gasteiger partial charge in [0.15, 0.2) is 0 Å². The van der Waals surface area contributed by atoms with Crippen LogP contribution < -0.4 is 10.6 Å². The number of benzene rings is 1. The topological polar surface area (TPSA) is 146 Å². The highest BCUT2D eigenvalue weighted by molar-refractivity contribution is 6.25. The fourth-order valence-electron chi connectivity index (χ4n) is 3.85. The van der Waals surface area contributed by atoms with E-state index in [4.69, 9.17) is 5.11 Å². The average Bonchev–Trinajstić information content (AvgIpc) is 3.02. The third-order valence-corrected chi connectivity index (χ3v) is 5.39. The number of carbonyl (C=O) groups excluding carboxylic acids is 4. The number of aliphatic carboxylic acids is 1. The lowest BCUT2D eigenvalue weighted by molar-refractivity contribution is -0.137. The Morgan fingerprint density at radius 1 is 1.09 bits per heavy atom. The van der Waals surface area contributed by atoms with Crippen molar-refractivity contribution in [3.63, 3.8) is 0 Å². The Kier molecular flexibility index (Phi) is 5.67. The van der Waals surface area contributed by atoms with Gasteiger partial charge in [-0.25, -0.2) is 0 Å². The minimum atomic E-state index is -1.03. The van der Waals surface area contributed by atoms with E-state index in [0.29, 0.717) is 23.5 Å². The van der Waals surface area contributed by atoms with Gasteiger partial charge < -0.3 is 10.4 Å². The maximum atomic E-state index is 13.1. The Morgan fingerprint density at radius 2 is 1.84 bits per heavy atom. The molecule has 164 valence electrons. The van der Waals surface area contributed by atoms with Crippen LogP contribution in [0.25, 0.3) is 0 Å². The first-order chi connectivity index (χ1) is 15.3. The summed E-state index contributed by atoms with van der Waals surface area (Å²) in [4.78, 5) is 65.7. The molecule has 4 rings (SSSR count). The molecule has 0 radical (unpaired) electrons. The highest BCUT2D eigenvalue weighted by Crippen LogP contribution is 2.32. The van der Waals surface area contributed by atoms with Crippen molar-refractivity contribution in [2.45, 2.75) is 38.3 Å². The smallest absolute Gasteiger partial charge is 0.303 e. The molecule has 1 saturated heterocycles. The van der Waals surface area contributed by atoms with Crippen LogP contribution in [0.5, 0.6) is 0 Å². The number of hydrogen-bond acceptors (Lipinski definition) is 7. The molecule has 2 aromatic rings. The van der Waals surface area contributed by atoms with Crippen LogP contribution in [0, 0.1) is 0 Å². The van der Waals surface area contributed by atoms with Crippen molar-refractivity contribution in [2.24, 2.45) is 0 Å². The van der Waals surface area contributed by atoms with Crippen LogP contribution in [-0.4, -0.2) is 50.6 Å². The summed E-state index contributed by atoms with van der Waals surface area (Å²) < 4.78 is 0. The zero-order valence-electron chi connectivity index (χ0n) is 17.0. The molecule has 0 bridgehead atoms. The number of anilines is 1. The molecule has 3 heterocycles. The van der Waals surface area contributed by atoms with Crippen molar-refractivity contribution in [1.29, 1.82) is 0 Å². The number of aromatic nitrogens is 1. The molecule has 2 aliphatic heterocycles. The number of hydrogen-bond donors (Lipinski definition) is 3. The summed E-state index contributed by atoms with van der Waals surface area (Å²) in [5, 5.41) is 14.1. The molecule has 0 saturated carbocycles.